The highest BCUT2D eigenvalue weighted by Gasteiger charge is 2.28. The fourth-order valence-corrected chi connectivity index (χ4v) is 1.52. The summed E-state index contributed by atoms with van der Waals surface area (Å²) in [4.78, 5) is 0. The number of hydrazine groups is 1. The number of fused-ring (bicyclic) bond motifs is 1. The van der Waals surface area contributed by atoms with Gasteiger partial charge in [-0.15, -0.1) is 0 Å². The Morgan fingerprint density at radius 3 is 3.25 bits per heavy atom. The molecule has 8 heavy (non-hydrogen) atoms. The molecule has 0 aromatic heterocycles. The van der Waals surface area contributed by atoms with Crippen molar-refractivity contribution in [2.24, 2.45) is 0 Å². The lowest BCUT2D eigenvalue weighted by atomic mass is 10.2. The van der Waals surface area contributed by atoms with E-state index in [9.17, 15) is 0 Å². The van der Waals surface area contributed by atoms with E-state index >= 15 is 0 Å². The van der Waals surface area contributed by atoms with Crippen LogP contribution in [0.4, 0.5) is 0 Å². The molecule has 2 rings (SSSR count). The van der Waals surface area contributed by atoms with E-state index in [4.69, 9.17) is 0 Å². The molecule has 0 amide bonds. The van der Waals surface area contributed by atoms with Gasteiger partial charge in [-0.25, -0.2) is 5.01 Å². The molecule has 45 valence electrons. The van der Waals surface area contributed by atoms with E-state index in [1.165, 1.54) is 32.4 Å². The maximum absolute atomic E-state index is 3.31. The minimum Gasteiger partial charge on any atom is -0.255 e. The van der Waals surface area contributed by atoms with Crippen LogP contribution in [0.3, 0.4) is 0 Å². The van der Waals surface area contributed by atoms with Gasteiger partial charge in [0.1, 0.15) is 0 Å². The number of nitrogens with one attached hydrogen (secondary N) is 1. The van der Waals surface area contributed by atoms with Crippen LogP contribution in [-0.2, 0) is 0 Å². The van der Waals surface area contributed by atoms with Crippen molar-refractivity contribution in [1.29, 1.82) is 0 Å². The van der Waals surface area contributed by atoms with Gasteiger partial charge >= 0.3 is 0 Å². The lowest BCUT2D eigenvalue weighted by molar-refractivity contribution is 0.301. The summed E-state index contributed by atoms with van der Waals surface area (Å²) in [6.45, 7) is 2.42. The van der Waals surface area contributed by atoms with Crippen LogP contribution < -0.4 is 5.43 Å². The third kappa shape index (κ3) is 0.565. The predicted octanol–water partition coefficient (Wildman–Crippen LogP) is 0.522. The van der Waals surface area contributed by atoms with Crippen molar-refractivity contribution in [3.63, 3.8) is 0 Å². The van der Waals surface area contributed by atoms with Crippen LogP contribution in [-0.4, -0.2) is 18.1 Å². The molecule has 2 heterocycles. The zero-order chi connectivity index (χ0) is 5.40. The Balaban J connectivity index is 2.04. The first kappa shape index (κ1) is 4.77. The molecule has 2 heteroatoms. The molecule has 0 spiro atoms. The average molecular weight is 111 g/mol. The van der Waals surface area contributed by atoms with Crippen molar-refractivity contribution in [2.75, 3.05) is 13.1 Å². The molecule has 2 fully saturated rings. The Bertz CT molecular complexity index is 72.5. The van der Waals surface area contributed by atoms with Gasteiger partial charge in [0.15, 0.2) is 0 Å². The van der Waals surface area contributed by atoms with E-state index in [0.717, 1.165) is 0 Å². The van der Waals surface area contributed by atoms with Crippen LogP contribution in [0.1, 0.15) is 19.3 Å². The van der Waals surface area contributed by atoms with Crippen molar-refractivity contribution in [2.45, 2.75) is 19.3 Å². The maximum Gasteiger partial charge on any atom is 0.0564 e. The van der Waals surface area contributed by atoms with Gasteiger partial charge in [-0.1, -0.05) is 0 Å². The summed E-state index contributed by atoms with van der Waals surface area (Å²) >= 11 is 0. The molecule has 2 aliphatic rings. The summed E-state index contributed by atoms with van der Waals surface area (Å²) in [5.41, 5.74) is 3.31. The van der Waals surface area contributed by atoms with Crippen molar-refractivity contribution in [3.05, 3.63) is 6.04 Å². The first-order valence-corrected chi connectivity index (χ1v) is 3.32. The molecule has 0 aromatic carbocycles. The molecule has 2 nitrogen and oxygen atoms in total. The van der Waals surface area contributed by atoms with Gasteiger partial charge in [-0.3, -0.25) is 5.43 Å². The highest BCUT2D eigenvalue weighted by atomic mass is 15.5. The number of nitrogens with zero attached hydrogens (tertiary/aromatic N) is 1. The SMILES string of the molecule is C1C[C]2CCNN2C1. The molecule has 0 saturated carbocycles. The Labute approximate surface area is 49.8 Å². The minimum atomic E-state index is 1.18. The second kappa shape index (κ2) is 1.71. The van der Waals surface area contributed by atoms with E-state index in [1.54, 1.807) is 6.04 Å². The fraction of sp³-hybridized carbons (Fsp3) is 0.833. The third-order valence-electron chi connectivity index (χ3n) is 1.95. The standard InChI is InChI=1S/C6H11N2/c1-2-6-3-4-7-8(6)5-1/h7H,1-5H2. The van der Waals surface area contributed by atoms with E-state index in [1.807, 2.05) is 0 Å². The van der Waals surface area contributed by atoms with Gasteiger partial charge in [0.25, 0.3) is 0 Å². The monoisotopic (exact) mass is 111 g/mol. The summed E-state index contributed by atoms with van der Waals surface area (Å²) in [6.07, 6.45) is 4.00. The van der Waals surface area contributed by atoms with Gasteiger partial charge in [0, 0.05) is 13.1 Å². The van der Waals surface area contributed by atoms with E-state index < -0.39 is 0 Å². The maximum atomic E-state index is 3.31. The lowest BCUT2D eigenvalue weighted by Crippen LogP contribution is -2.28. The number of rotatable bonds is 0. The molecule has 0 aromatic rings. The van der Waals surface area contributed by atoms with Gasteiger partial charge in [0.05, 0.1) is 6.04 Å². The number of hydrogen-bond acceptors (Lipinski definition) is 2. The smallest absolute Gasteiger partial charge is 0.0564 e. The molecule has 0 unspecified atom stereocenters. The van der Waals surface area contributed by atoms with Crippen LogP contribution in [0.5, 0.6) is 0 Å². The highest BCUT2D eigenvalue weighted by molar-refractivity contribution is 4.97. The topological polar surface area (TPSA) is 15.3 Å². The number of hydrogen-bond donors (Lipinski definition) is 1. The third-order valence-corrected chi connectivity index (χ3v) is 1.95. The zero-order valence-corrected chi connectivity index (χ0v) is 4.98. The zero-order valence-electron chi connectivity index (χ0n) is 4.98. The van der Waals surface area contributed by atoms with Gasteiger partial charge in [-0.2, -0.15) is 0 Å². The second-order valence-electron chi connectivity index (χ2n) is 2.48. The summed E-state index contributed by atoms with van der Waals surface area (Å²) in [6, 6.07) is 1.63. The van der Waals surface area contributed by atoms with E-state index in [2.05, 4.69) is 10.4 Å². The summed E-state index contributed by atoms with van der Waals surface area (Å²) in [5.74, 6) is 0. The Morgan fingerprint density at radius 1 is 1.38 bits per heavy atom. The van der Waals surface area contributed by atoms with Crippen molar-refractivity contribution < 1.29 is 0 Å². The van der Waals surface area contributed by atoms with E-state index in [-0.39, 0.29) is 0 Å². The molecule has 1 radical (unpaired) electrons. The van der Waals surface area contributed by atoms with Crippen LogP contribution in [0.2, 0.25) is 0 Å². The Kier molecular flexibility index (Phi) is 1.02. The van der Waals surface area contributed by atoms with Gasteiger partial charge in [0.2, 0.25) is 0 Å². The summed E-state index contributed by atoms with van der Waals surface area (Å²) < 4.78 is 0. The molecular weight excluding hydrogens is 100 g/mol. The van der Waals surface area contributed by atoms with Crippen LogP contribution in [0.15, 0.2) is 0 Å². The first-order valence-electron chi connectivity index (χ1n) is 3.32. The van der Waals surface area contributed by atoms with Crippen molar-refractivity contribution in [3.8, 4) is 0 Å². The van der Waals surface area contributed by atoms with Gasteiger partial charge < -0.3 is 0 Å². The van der Waals surface area contributed by atoms with Crippen LogP contribution >= 0.6 is 0 Å². The summed E-state index contributed by atoms with van der Waals surface area (Å²) in [7, 11) is 0. The molecule has 2 saturated heterocycles. The fourth-order valence-electron chi connectivity index (χ4n) is 1.52. The molecule has 1 N–H and O–H groups in total. The molecule has 2 aliphatic heterocycles. The predicted molar refractivity (Wildman–Crippen MR) is 31.8 cm³/mol. The quantitative estimate of drug-likeness (QED) is 0.490. The average Bonchev–Trinajstić information content (AvgIpc) is 2.15. The van der Waals surface area contributed by atoms with Crippen molar-refractivity contribution in [1.82, 2.24) is 10.4 Å². The van der Waals surface area contributed by atoms with Crippen LogP contribution in [0, 0.1) is 6.04 Å². The normalized spacial score (nSPS) is 31.5. The van der Waals surface area contributed by atoms with Crippen LogP contribution in [0.25, 0.3) is 0 Å². The molecule has 0 atom stereocenters. The second-order valence-corrected chi connectivity index (χ2v) is 2.48. The largest absolute Gasteiger partial charge is 0.255 e. The molecular formula is C6H11N2. The Morgan fingerprint density at radius 2 is 2.38 bits per heavy atom. The molecule has 0 bridgehead atoms. The Hall–Kier alpha value is -0.0800. The molecule has 0 aliphatic carbocycles. The van der Waals surface area contributed by atoms with Crippen molar-refractivity contribution >= 4 is 0 Å². The minimum absolute atomic E-state index is 1.18. The lowest BCUT2D eigenvalue weighted by Gasteiger charge is -2.11. The summed E-state index contributed by atoms with van der Waals surface area (Å²) in [5, 5.41) is 2.31. The van der Waals surface area contributed by atoms with E-state index in [0.29, 0.717) is 0 Å². The first-order chi connectivity index (χ1) is 3.97. The van der Waals surface area contributed by atoms with Gasteiger partial charge in [-0.05, 0) is 19.3 Å². The highest BCUT2D eigenvalue weighted by Crippen LogP contribution is 2.27.